The third kappa shape index (κ3) is 2.12. The smallest absolute Gasteiger partial charge is 0.322 e. The van der Waals surface area contributed by atoms with Crippen molar-refractivity contribution >= 4 is 29.5 Å². The summed E-state index contributed by atoms with van der Waals surface area (Å²) in [5.41, 5.74) is 1.01. The summed E-state index contributed by atoms with van der Waals surface area (Å²) in [6.45, 7) is 0. The molecule has 0 saturated carbocycles. The van der Waals surface area contributed by atoms with Gasteiger partial charge in [0, 0.05) is 16.3 Å². The Balaban J connectivity index is 2.34. The molecule has 0 saturated heterocycles. The fourth-order valence-corrected chi connectivity index (χ4v) is 2.78. The van der Waals surface area contributed by atoms with E-state index in [1.807, 2.05) is 18.2 Å². The van der Waals surface area contributed by atoms with Gasteiger partial charge >= 0.3 is 5.97 Å². The Morgan fingerprint density at radius 3 is 3.07 bits per heavy atom. The Labute approximate surface area is 97.2 Å². The quantitative estimate of drug-likeness (QED) is 0.769. The number of carboxylic acids is 1. The van der Waals surface area contributed by atoms with Crippen LogP contribution in [0, 0.1) is 0 Å². The molecule has 0 fully saturated rings. The Bertz CT molecular complexity index is 410. The molecular formula is C10H10ClNO2S. The molecule has 2 rings (SSSR count). The van der Waals surface area contributed by atoms with Gasteiger partial charge in [0.2, 0.25) is 0 Å². The first-order valence-corrected chi connectivity index (χ1v) is 5.65. The highest BCUT2D eigenvalue weighted by molar-refractivity contribution is 7.97. The summed E-state index contributed by atoms with van der Waals surface area (Å²) in [7, 11) is 1.79. The van der Waals surface area contributed by atoms with Crippen molar-refractivity contribution in [2.45, 2.75) is 17.4 Å². The topological polar surface area (TPSA) is 40.5 Å². The first kappa shape index (κ1) is 10.8. The van der Waals surface area contributed by atoms with E-state index in [-0.39, 0.29) is 0 Å². The van der Waals surface area contributed by atoms with Crippen molar-refractivity contribution in [1.82, 2.24) is 4.31 Å². The van der Waals surface area contributed by atoms with Gasteiger partial charge in [-0.2, -0.15) is 0 Å². The highest BCUT2D eigenvalue weighted by Crippen LogP contribution is 2.35. The van der Waals surface area contributed by atoms with Crippen LogP contribution < -0.4 is 0 Å². The predicted molar refractivity (Wildman–Crippen MR) is 60.2 cm³/mol. The zero-order valence-corrected chi connectivity index (χ0v) is 9.68. The van der Waals surface area contributed by atoms with Gasteiger partial charge in [-0.25, -0.2) is 4.31 Å². The molecule has 1 aliphatic heterocycles. The number of benzene rings is 1. The van der Waals surface area contributed by atoms with Crippen LogP contribution in [0.2, 0.25) is 5.02 Å². The second kappa shape index (κ2) is 4.04. The summed E-state index contributed by atoms with van der Waals surface area (Å²) >= 11 is 7.32. The van der Waals surface area contributed by atoms with Crippen LogP contribution in [0.15, 0.2) is 23.1 Å². The van der Waals surface area contributed by atoms with E-state index < -0.39 is 12.0 Å². The molecule has 1 aliphatic rings. The average molecular weight is 244 g/mol. The molecule has 1 heterocycles. The van der Waals surface area contributed by atoms with E-state index in [4.69, 9.17) is 16.7 Å². The molecule has 0 bridgehead atoms. The van der Waals surface area contributed by atoms with Crippen molar-refractivity contribution in [3.63, 3.8) is 0 Å². The third-order valence-corrected chi connectivity index (χ3v) is 3.77. The van der Waals surface area contributed by atoms with Gasteiger partial charge in [0.1, 0.15) is 6.04 Å². The molecule has 1 unspecified atom stereocenters. The summed E-state index contributed by atoms with van der Waals surface area (Å²) in [5, 5.41) is 9.67. The van der Waals surface area contributed by atoms with Crippen LogP contribution in [0.4, 0.5) is 0 Å². The number of hydrogen-bond donors (Lipinski definition) is 1. The van der Waals surface area contributed by atoms with E-state index in [2.05, 4.69) is 0 Å². The molecule has 0 amide bonds. The Kier molecular flexibility index (Phi) is 2.91. The molecule has 0 aromatic heterocycles. The monoisotopic (exact) mass is 243 g/mol. The van der Waals surface area contributed by atoms with Crippen molar-refractivity contribution in [2.24, 2.45) is 0 Å². The molecule has 0 radical (unpaired) electrons. The fourth-order valence-electron chi connectivity index (χ4n) is 1.60. The van der Waals surface area contributed by atoms with Crippen LogP contribution in [-0.2, 0) is 11.2 Å². The van der Waals surface area contributed by atoms with Gasteiger partial charge in [-0.05, 0) is 42.8 Å². The number of carbonyl (C=O) groups is 1. The van der Waals surface area contributed by atoms with E-state index in [1.54, 1.807) is 11.4 Å². The SMILES string of the molecule is CN1Sc2ccc(Cl)cc2CC1C(=O)O. The lowest BCUT2D eigenvalue weighted by atomic mass is 10.1. The molecule has 1 aromatic carbocycles. The van der Waals surface area contributed by atoms with Crippen LogP contribution in [0.5, 0.6) is 0 Å². The lowest BCUT2D eigenvalue weighted by molar-refractivity contribution is -0.141. The lowest BCUT2D eigenvalue weighted by Crippen LogP contribution is -2.38. The predicted octanol–water partition coefficient (Wildman–Crippen LogP) is 2.29. The van der Waals surface area contributed by atoms with Crippen LogP contribution in [-0.4, -0.2) is 28.5 Å². The number of rotatable bonds is 1. The lowest BCUT2D eigenvalue weighted by Gasteiger charge is -2.29. The molecule has 15 heavy (non-hydrogen) atoms. The minimum atomic E-state index is -0.796. The van der Waals surface area contributed by atoms with E-state index in [0.717, 1.165) is 10.5 Å². The molecule has 0 spiro atoms. The van der Waals surface area contributed by atoms with E-state index >= 15 is 0 Å². The number of aliphatic carboxylic acids is 1. The maximum atomic E-state index is 11.0. The highest BCUT2D eigenvalue weighted by atomic mass is 35.5. The van der Waals surface area contributed by atoms with Crippen LogP contribution >= 0.6 is 23.5 Å². The number of likely N-dealkylation sites (N-methyl/N-ethyl adjacent to an activating group) is 1. The van der Waals surface area contributed by atoms with Crippen molar-refractivity contribution in [3.8, 4) is 0 Å². The van der Waals surface area contributed by atoms with Gasteiger partial charge in [0.15, 0.2) is 0 Å². The molecule has 3 nitrogen and oxygen atoms in total. The van der Waals surface area contributed by atoms with Crippen molar-refractivity contribution < 1.29 is 9.90 Å². The molecule has 0 aliphatic carbocycles. The Morgan fingerprint density at radius 2 is 2.40 bits per heavy atom. The Hall–Kier alpha value is -0.710. The van der Waals surface area contributed by atoms with Crippen molar-refractivity contribution in [3.05, 3.63) is 28.8 Å². The van der Waals surface area contributed by atoms with Gasteiger partial charge < -0.3 is 5.11 Å². The van der Waals surface area contributed by atoms with Gasteiger partial charge in [-0.15, -0.1) is 0 Å². The number of halogens is 1. The van der Waals surface area contributed by atoms with E-state index in [9.17, 15) is 4.79 Å². The third-order valence-electron chi connectivity index (χ3n) is 2.40. The second-order valence-corrected chi connectivity index (χ2v) is 5.08. The van der Waals surface area contributed by atoms with Crippen LogP contribution in [0.3, 0.4) is 0 Å². The average Bonchev–Trinajstić information content (AvgIpc) is 2.17. The Morgan fingerprint density at radius 1 is 1.67 bits per heavy atom. The highest BCUT2D eigenvalue weighted by Gasteiger charge is 2.29. The van der Waals surface area contributed by atoms with Gasteiger partial charge in [-0.3, -0.25) is 4.79 Å². The summed E-state index contributed by atoms with van der Waals surface area (Å²) in [4.78, 5) is 12.1. The summed E-state index contributed by atoms with van der Waals surface area (Å²) < 4.78 is 1.76. The zero-order valence-electron chi connectivity index (χ0n) is 8.11. The number of fused-ring (bicyclic) bond motifs is 1. The van der Waals surface area contributed by atoms with Gasteiger partial charge in [0.05, 0.1) is 0 Å². The van der Waals surface area contributed by atoms with E-state index in [0.29, 0.717) is 11.4 Å². The minimum absolute atomic E-state index is 0.471. The standard InChI is InChI=1S/C10H10ClNO2S/c1-12-8(10(13)14)5-6-4-7(11)2-3-9(6)15-12/h2-4,8H,5H2,1H3,(H,13,14). The normalized spacial score (nSPS) is 21.1. The number of nitrogens with zero attached hydrogens (tertiary/aromatic N) is 1. The van der Waals surface area contributed by atoms with Crippen LogP contribution in [0.25, 0.3) is 0 Å². The van der Waals surface area contributed by atoms with E-state index in [1.165, 1.54) is 11.9 Å². The number of carboxylic acid groups (broad SMARTS) is 1. The largest absolute Gasteiger partial charge is 0.480 e. The van der Waals surface area contributed by atoms with Crippen molar-refractivity contribution in [1.29, 1.82) is 0 Å². The molecular weight excluding hydrogens is 234 g/mol. The van der Waals surface area contributed by atoms with Crippen molar-refractivity contribution in [2.75, 3.05) is 7.05 Å². The van der Waals surface area contributed by atoms with Gasteiger partial charge in [-0.1, -0.05) is 11.6 Å². The first-order chi connectivity index (χ1) is 7.08. The molecule has 1 aromatic rings. The molecule has 80 valence electrons. The zero-order chi connectivity index (χ0) is 11.0. The second-order valence-electron chi connectivity index (χ2n) is 3.45. The van der Waals surface area contributed by atoms with Gasteiger partial charge in [0.25, 0.3) is 0 Å². The molecule has 5 heteroatoms. The number of hydrogen-bond acceptors (Lipinski definition) is 3. The minimum Gasteiger partial charge on any atom is -0.480 e. The fraction of sp³-hybridized carbons (Fsp3) is 0.300. The molecule has 1 N–H and O–H groups in total. The summed E-state index contributed by atoms with van der Waals surface area (Å²) in [5.74, 6) is -0.796. The molecule has 1 atom stereocenters. The summed E-state index contributed by atoms with van der Waals surface area (Å²) in [6.07, 6.45) is 0.509. The maximum Gasteiger partial charge on any atom is 0.322 e. The maximum absolute atomic E-state index is 11.0. The van der Waals surface area contributed by atoms with Crippen LogP contribution in [0.1, 0.15) is 5.56 Å². The summed E-state index contributed by atoms with van der Waals surface area (Å²) in [6, 6.07) is 5.12. The first-order valence-electron chi connectivity index (χ1n) is 4.50.